The average Bonchev–Trinajstić information content (AvgIpc) is 2.29. The molecule has 0 fully saturated rings. The summed E-state index contributed by atoms with van der Waals surface area (Å²) < 4.78 is 44.0. The van der Waals surface area contributed by atoms with Crippen molar-refractivity contribution in [3.8, 4) is 11.5 Å². The van der Waals surface area contributed by atoms with Crippen molar-refractivity contribution >= 4 is 16.8 Å². The number of carbonyl (C=O) groups is 1. The van der Waals surface area contributed by atoms with E-state index in [9.17, 15) is 18.0 Å². The molecule has 0 saturated heterocycles. The van der Waals surface area contributed by atoms with Crippen molar-refractivity contribution < 1.29 is 27.4 Å². The molecule has 0 amide bonds. The Hall–Kier alpha value is -1.43. The number of halogens is 4. The topological polar surface area (TPSA) is 35.5 Å². The Kier molecular flexibility index (Phi) is 6.54. The lowest BCUT2D eigenvalue weighted by molar-refractivity contribution is -0.274. The summed E-state index contributed by atoms with van der Waals surface area (Å²) in [6.07, 6.45) is -4.82. The van der Waals surface area contributed by atoms with Crippen LogP contribution in [0.4, 0.5) is 13.2 Å². The van der Waals surface area contributed by atoms with E-state index >= 15 is 0 Å². The van der Waals surface area contributed by atoms with Gasteiger partial charge in [0.1, 0.15) is 11.5 Å². The molecule has 0 radical (unpaired) electrons. The van der Waals surface area contributed by atoms with Crippen LogP contribution in [0.2, 0.25) is 0 Å². The predicted molar refractivity (Wildman–Crippen MR) is 61.2 cm³/mol. The van der Waals surface area contributed by atoms with E-state index < -0.39 is 17.4 Å². The molecule has 0 atom stereocenters. The minimum atomic E-state index is -4.82. The number of hydrogen-bond donors (Lipinski definition) is 0. The summed E-state index contributed by atoms with van der Waals surface area (Å²) in [5.41, 5.74) is -0.189. The first-order valence-electron chi connectivity index (χ1n) is 4.97. The third-order valence-corrected chi connectivity index (χ3v) is 1.82. The zero-order valence-electron chi connectivity index (χ0n) is 9.97. The number of rotatable bonds is 3. The van der Waals surface area contributed by atoms with Gasteiger partial charge < -0.3 is 9.47 Å². The minimum Gasteiger partial charge on any atom is -0.496 e. The zero-order valence-corrected chi connectivity index (χ0v) is 10.7. The SMILES string of the molecule is CC.COc1ccc(OC(F)(F)F)cc1C(=O)Cl. The Balaban J connectivity index is 0.00000137. The Morgan fingerprint density at radius 2 is 1.83 bits per heavy atom. The van der Waals surface area contributed by atoms with E-state index in [4.69, 9.17) is 16.3 Å². The molecular weight excluding hydrogens is 273 g/mol. The van der Waals surface area contributed by atoms with Crippen molar-refractivity contribution in [2.45, 2.75) is 20.2 Å². The van der Waals surface area contributed by atoms with Gasteiger partial charge in [-0.1, -0.05) is 13.8 Å². The maximum atomic E-state index is 11.9. The fourth-order valence-corrected chi connectivity index (χ4v) is 1.19. The molecule has 0 unspecified atom stereocenters. The van der Waals surface area contributed by atoms with Crippen LogP contribution < -0.4 is 9.47 Å². The van der Waals surface area contributed by atoms with E-state index in [1.807, 2.05) is 13.8 Å². The van der Waals surface area contributed by atoms with Crippen LogP contribution >= 0.6 is 11.6 Å². The molecule has 0 bridgehead atoms. The molecule has 18 heavy (non-hydrogen) atoms. The van der Waals surface area contributed by atoms with Crippen LogP contribution in [-0.2, 0) is 0 Å². The summed E-state index contributed by atoms with van der Waals surface area (Å²) in [4.78, 5) is 10.9. The van der Waals surface area contributed by atoms with Gasteiger partial charge in [0.05, 0.1) is 12.7 Å². The van der Waals surface area contributed by atoms with Gasteiger partial charge in [0.15, 0.2) is 0 Å². The van der Waals surface area contributed by atoms with E-state index in [0.29, 0.717) is 0 Å². The molecule has 0 N–H and O–H groups in total. The molecular formula is C11H12ClF3O3. The molecule has 0 aliphatic carbocycles. The van der Waals surface area contributed by atoms with E-state index in [1.165, 1.54) is 7.11 Å². The summed E-state index contributed by atoms with van der Waals surface area (Å²) in [5, 5.41) is -0.926. The second kappa shape index (κ2) is 7.10. The molecule has 1 rings (SSSR count). The van der Waals surface area contributed by atoms with Crippen molar-refractivity contribution in [1.29, 1.82) is 0 Å². The van der Waals surface area contributed by atoms with Gasteiger partial charge in [-0.15, -0.1) is 13.2 Å². The van der Waals surface area contributed by atoms with Crippen LogP contribution in [0.5, 0.6) is 11.5 Å². The lowest BCUT2D eigenvalue weighted by Gasteiger charge is -2.11. The average molecular weight is 285 g/mol. The highest BCUT2D eigenvalue weighted by atomic mass is 35.5. The van der Waals surface area contributed by atoms with E-state index in [1.54, 1.807) is 0 Å². The van der Waals surface area contributed by atoms with Gasteiger partial charge in [-0.05, 0) is 29.8 Å². The Labute approximate surface area is 107 Å². The number of carbonyl (C=O) groups excluding carboxylic acids is 1. The van der Waals surface area contributed by atoms with Crippen LogP contribution in [0.25, 0.3) is 0 Å². The highest BCUT2D eigenvalue weighted by molar-refractivity contribution is 6.68. The maximum absolute atomic E-state index is 11.9. The standard InChI is InChI=1S/C9H6ClF3O3.C2H6/c1-15-7-3-2-5(16-9(11,12)13)4-6(7)8(10)14;1-2/h2-4H,1H3;1-2H3. The monoisotopic (exact) mass is 284 g/mol. The summed E-state index contributed by atoms with van der Waals surface area (Å²) in [5.74, 6) is -0.452. The summed E-state index contributed by atoms with van der Waals surface area (Å²) in [6.45, 7) is 4.00. The Morgan fingerprint density at radius 3 is 2.22 bits per heavy atom. The number of ether oxygens (including phenoxy) is 2. The van der Waals surface area contributed by atoms with Gasteiger partial charge in [0.2, 0.25) is 0 Å². The molecule has 0 heterocycles. The van der Waals surface area contributed by atoms with Gasteiger partial charge in [0, 0.05) is 0 Å². The normalized spacial score (nSPS) is 10.2. The number of benzene rings is 1. The molecule has 0 aliphatic heterocycles. The Bertz CT molecular complexity index is 405. The van der Waals surface area contributed by atoms with Gasteiger partial charge in [-0.25, -0.2) is 0 Å². The van der Waals surface area contributed by atoms with Crippen molar-refractivity contribution in [2.24, 2.45) is 0 Å². The highest BCUT2D eigenvalue weighted by Crippen LogP contribution is 2.29. The first kappa shape index (κ1) is 16.6. The molecule has 3 nitrogen and oxygen atoms in total. The highest BCUT2D eigenvalue weighted by Gasteiger charge is 2.31. The van der Waals surface area contributed by atoms with E-state index in [-0.39, 0.29) is 11.3 Å². The first-order valence-corrected chi connectivity index (χ1v) is 5.35. The second-order valence-electron chi connectivity index (χ2n) is 2.68. The van der Waals surface area contributed by atoms with Gasteiger partial charge in [-0.2, -0.15) is 0 Å². The lowest BCUT2D eigenvalue weighted by Crippen LogP contribution is -2.17. The number of methoxy groups -OCH3 is 1. The third kappa shape index (κ3) is 5.27. The van der Waals surface area contributed by atoms with Crippen molar-refractivity contribution in [3.05, 3.63) is 23.8 Å². The fourth-order valence-electron chi connectivity index (χ4n) is 1.04. The lowest BCUT2D eigenvalue weighted by atomic mass is 10.2. The van der Waals surface area contributed by atoms with Crippen LogP contribution in [0.1, 0.15) is 24.2 Å². The molecule has 0 saturated carbocycles. The van der Waals surface area contributed by atoms with Crippen LogP contribution in [0, 0.1) is 0 Å². The van der Waals surface area contributed by atoms with Gasteiger partial charge >= 0.3 is 6.36 Å². The Morgan fingerprint density at radius 1 is 1.28 bits per heavy atom. The summed E-state index contributed by atoms with van der Waals surface area (Å²) >= 11 is 5.17. The molecule has 0 aliphatic rings. The van der Waals surface area contributed by atoms with Crippen molar-refractivity contribution in [3.63, 3.8) is 0 Å². The summed E-state index contributed by atoms with van der Waals surface area (Å²) in [6, 6.07) is 3.05. The van der Waals surface area contributed by atoms with Crippen molar-refractivity contribution in [1.82, 2.24) is 0 Å². The minimum absolute atomic E-state index is 0.0783. The van der Waals surface area contributed by atoms with Crippen LogP contribution in [0.15, 0.2) is 18.2 Å². The molecule has 102 valence electrons. The quantitative estimate of drug-likeness (QED) is 0.787. The second-order valence-corrected chi connectivity index (χ2v) is 3.03. The first-order chi connectivity index (χ1) is 8.33. The largest absolute Gasteiger partial charge is 0.573 e. The van der Waals surface area contributed by atoms with E-state index in [0.717, 1.165) is 18.2 Å². The third-order valence-electron chi connectivity index (χ3n) is 1.62. The molecule has 7 heteroatoms. The molecule has 1 aromatic rings. The molecule has 0 spiro atoms. The summed E-state index contributed by atoms with van der Waals surface area (Å²) in [7, 11) is 1.27. The smallest absolute Gasteiger partial charge is 0.496 e. The zero-order chi connectivity index (χ0) is 14.3. The van der Waals surface area contributed by atoms with Crippen LogP contribution in [-0.4, -0.2) is 18.7 Å². The van der Waals surface area contributed by atoms with Crippen LogP contribution in [0.3, 0.4) is 0 Å². The predicted octanol–water partition coefficient (Wildman–Crippen LogP) is 4.00. The molecule has 0 aromatic heterocycles. The number of alkyl halides is 3. The van der Waals surface area contributed by atoms with Gasteiger partial charge in [0.25, 0.3) is 5.24 Å². The van der Waals surface area contributed by atoms with Crippen molar-refractivity contribution in [2.75, 3.05) is 7.11 Å². The van der Waals surface area contributed by atoms with Gasteiger partial charge in [-0.3, -0.25) is 4.79 Å². The molecule has 1 aromatic carbocycles. The maximum Gasteiger partial charge on any atom is 0.573 e. The fraction of sp³-hybridized carbons (Fsp3) is 0.364. The number of hydrogen-bond acceptors (Lipinski definition) is 3. The van der Waals surface area contributed by atoms with E-state index in [2.05, 4.69) is 4.74 Å².